The van der Waals surface area contributed by atoms with Crippen LogP contribution in [0.1, 0.15) is 13.3 Å². The molecule has 55 valence electrons. The molecule has 0 N–H and O–H groups in total. The van der Waals surface area contributed by atoms with Gasteiger partial charge in [-0.3, -0.25) is 0 Å². The van der Waals surface area contributed by atoms with Crippen molar-refractivity contribution in [3.8, 4) is 0 Å². The first kappa shape index (κ1) is 8.72. The summed E-state index contributed by atoms with van der Waals surface area (Å²) < 4.78 is 45.9. The van der Waals surface area contributed by atoms with E-state index in [4.69, 9.17) is 0 Å². The first-order valence-electron chi connectivity index (χ1n) is 2.49. The predicted octanol–water partition coefficient (Wildman–Crippen LogP) is 2.50. The van der Waals surface area contributed by atoms with Gasteiger partial charge in [0.2, 0.25) is 0 Å². The van der Waals surface area contributed by atoms with Gasteiger partial charge in [-0.1, -0.05) is 0 Å². The van der Waals surface area contributed by atoms with E-state index in [0.29, 0.717) is 0 Å². The van der Waals surface area contributed by atoms with Crippen molar-refractivity contribution >= 4 is 0 Å². The van der Waals surface area contributed by atoms with Crippen LogP contribution in [0.4, 0.5) is 17.6 Å². The molecule has 0 spiro atoms. The quantitative estimate of drug-likeness (QED) is 0.532. The molecule has 0 amide bonds. The van der Waals surface area contributed by atoms with E-state index in [1.807, 2.05) is 0 Å². The minimum Gasteiger partial charge on any atom is -0.245 e. The number of rotatable bonds is 3. The molecule has 0 rings (SSSR count). The summed E-state index contributed by atoms with van der Waals surface area (Å²) in [7, 11) is 0. The maximum atomic E-state index is 11.9. The second kappa shape index (κ2) is 3.69. The van der Waals surface area contributed by atoms with Crippen molar-refractivity contribution < 1.29 is 17.6 Å². The third-order valence-electron chi connectivity index (χ3n) is 0.848. The van der Waals surface area contributed by atoms with Gasteiger partial charge in [-0.05, 0) is 6.92 Å². The van der Waals surface area contributed by atoms with Gasteiger partial charge in [0, 0.05) is 0 Å². The van der Waals surface area contributed by atoms with E-state index in [-0.39, 0.29) is 0 Å². The van der Waals surface area contributed by atoms with Gasteiger partial charge in [0.15, 0.2) is 0 Å². The van der Waals surface area contributed by atoms with Crippen molar-refractivity contribution in [2.75, 3.05) is 0 Å². The Morgan fingerprint density at radius 1 is 1.33 bits per heavy atom. The highest BCUT2D eigenvalue weighted by Gasteiger charge is 2.21. The van der Waals surface area contributed by atoms with Crippen LogP contribution in [0.2, 0.25) is 0 Å². The monoisotopic (exact) mass is 143 g/mol. The lowest BCUT2D eigenvalue weighted by molar-refractivity contribution is 0.134. The molecule has 0 saturated heterocycles. The van der Waals surface area contributed by atoms with Crippen LogP contribution in [-0.2, 0) is 0 Å². The lowest BCUT2D eigenvalue weighted by Crippen LogP contribution is -2.13. The second-order valence-electron chi connectivity index (χ2n) is 1.74. The fraction of sp³-hybridized carbons (Fsp3) is 0.800. The van der Waals surface area contributed by atoms with E-state index in [1.54, 1.807) is 0 Å². The largest absolute Gasteiger partial charge is 0.313 e. The highest BCUT2D eigenvalue weighted by Crippen LogP contribution is 2.17. The maximum absolute atomic E-state index is 11.9. The van der Waals surface area contributed by atoms with Crippen molar-refractivity contribution in [2.45, 2.75) is 25.7 Å². The molecule has 2 atom stereocenters. The van der Waals surface area contributed by atoms with Crippen molar-refractivity contribution in [1.82, 2.24) is 0 Å². The Labute approximate surface area is 50.9 Å². The Morgan fingerprint density at radius 3 is 1.89 bits per heavy atom. The fourth-order valence-electron chi connectivity index (χ4n) is 0.310. The Kier molecular flexibility index (Phi) is 3.58. The molecule has 0 nitrogen and oxygen atoms in total. The zero-order chi connectivity index (χ0) is 7.44. The van der Waals surface area contributed by atoms with E-state index >= 15 is 0 Å². The van der Waals surface area contributed by atoms with Crippen molar-refractivity contribution in [3.05, 3.63) is 6.43 Å². The summed E-state index contributed by atoms with van der Waals surface area (Å²) in [4.78, 5) is 0. The van der Waals surface area contributed by atoms with Gasteiger partial charge < -0.3 is 0 Å². The predicted molar refractivity (Wildman–Crippen MR) is 25.5 cm³/mol. The molecule has 0 aromatic carbocycles. The summed E-state index contributed by atoms with van der Waals surface area (Å²) in [6.07, 6.45) is -7.02. The van der Waals surface area contributed by atoms with Gasteiger partial charge in [0.05, 0.1) is 6.42 Å². The zero-order valence-corrected chi connectivity index (χ0v) is 4.87. The first-order valence-corrected chi connectivity index (χ1v) is 2.49. The molecule has 0 bridgehead atoms. The van der Waals surface area contributed by atoms with Crippen molar-refractivity contribution in [2.24, 2.45) is 0 Å². The maximum Gasteiger partial charge on any atom is 0.313 e. The molecule has 0 aliphatic carbocycles. The first-order chi connectivity index (χ1) is 4.04. The normalized spacial score (nSPS) is 18.0. The molecule has 1 radical (unpaired) electrons. The Morgan fingerprint density at radius 2 is 1.78 bits per heavy atom. The van der Waals surface area contributed by atoms with E-state index in [2.05, 4.69) is 0 Å². The highest BCUT2D eigenvalue weighted by atomic mass is 19.3. The fourth-order valence-corrected chi connectivity index (χ4v) is 0.310. The molecule has 0 aromatic rings. The van der Waals surface area contributed by atoms with Gasteiger partial charge in [-0.25, -0.2) is 8.78 Å². The Hall–Kier alpha value is -0.280. The van der Waals surface area contributed by atoms with Crippen molar-refractivity contribution in [1.29, 1.82) is 0 Å². The SMILES string of the molecule is CC(F)C(F)C[C](F)F. The van der Waals surface area contributed by atoms with E-state index < -0.39 is 25.2 Å². The molecule has 0 aromatic heterocycles. The molecule has 0 aliphatic heterocycles. The smallest absolute Gasteiger partial charge is 0.245 e. The number of hydrogen-bond donors (Lipinski definition) is 0. The molecule has 0 saturated carbocycles. The van der Waals surface area contributed by atoms with Crippen LogP contribution >= 0.6 is 0 Å². The van der Waals surface area contributed by atoms with Crippen LogP contribution < -0.4 is 0 Å². The van der Waals surface area contributed by atoms with Gasteiger partial charge in [0.25, 0.3) is 0 Å². The highest BCUT2D eigenvalue weighted by molar-refractivity contribution is 4.71. The number of alkyl halides is 2. The molecule has 4 heteroatoms. The lowest BCUT2D eigenvalue weighted by atomic mass is 10.2. The molecule has 0 fully saturated rings. The summed E-state index contributed by atoms with van der Waals surface area (Å²) >= 11 is 0. The average molecular weight is 143 g/mol. The van der Waals surface area contributed by atoms with Crippen LogP contribution in [-0.4, -0.2) is 12.3 Å². The standard InChI is InChI=1S/C5H7F4/c1-3(6)4(7)2-5(8)9/h3-4H,2H2,1H3. The molecule has 0 aliphatic rings. The minimum atomic E-state index is -2.06. The van der Waals surface area contributed by atoms with Gasteiger partial charge in [-0.2, -0.15) is 8.78 Å². The lowest BCUT2D eigenvalue weighted by Gasteiger charge is -2.05. The summed E-state index contributed by atoms with van der Waals surface area (Å²) in [5, 5.41) is 0. The van der Waals surface area contributed by atoms with Gasteiger partial charge in [-0.15, -0.1) is 0 Å². The summed E-state index contributed by atoms with van der Waals surface area (Å²) in [6.45, 7) is 0.910. The summed E-state index contributed by atoms with van der Waals surface area (Å²) in [5.41, 5.74) is 0. The van der Waals surface area contributed by atoms with E-state index in [9.17, 15) is 17.6 Å². The molecule has 9 heavy (non-hydrogen) atoms. The molecule has 0 heterocycles. The van der Waals surface area contributed by atoms with Crippen LogP contribution in [0, 0.1) is 6.43 Å². The molecular formula is C5H7F4. The number of halogens is 4. The minimum absolute atomic E-state index is 0.910. The summed E-state index contributed by atoms with van der Waals surface area (Å²) in [6, 6.07) is 0. The van der Waals surface area contributed by atoms with Crippen LogP contribution in [0.5, 0.6) is 0 Å². The third kappa shape index (κ3) is 4.24. The third-order valence-corrected chi connectivity index (χ3v) is 0.848. The summed E-state index contributed by atoms with van der Waals surface area (Å²) in [5.74, 6) is 0. The van der Waals surface area contributed by atoms with Crippen molar-refractivity contribution in [3.63, 3.8) is 0 Å². The Balaban J connectivity index is 3.38. The topological polar surface area (TPSA) is 0 Å². The van der Waals surface area contributed by atoms with E-state index in [0.717, 1.165) is 6.92 Å². The van der Waals surface area contributed by atoms with Gasteiger partial charge >= 0.3 is 6.43 Å². The molecular weight excluding hydrogens is 136 g/mol. The Bertz CT molecular complexity index is 71.4. The van der Waals surface area contributed by atoms with Crippen LogP contribution in [0.25, 0.3) is 0 Å². The average Bonchev–Trinajstić information content (AvgIpc) is 1.63. The van der Waals surface area contributed by atoms with Gasteiger partial charge in [0.1, 0.15) is 12.3 Å². The number of hydrogen-bond acceptors (Lipinski definition) is 0. The van der Waals surface area contributed by atoms with Crippen LogP contribution in [0.15, 0.2) is 0 Å². The van der Waals surface area contributed by atoms with E-state index in [1.165, 1.54) is 0 Å². The molecule has 2 unspecified atom stereocenters. The second-order valence-corrected chi connectivity index (χ2v) is 1.74. The zero-order valence-electron chi connectivity index (χ0n) is 4.87. The van der Waals surface area contributed by atoms with Crippen LogP contribution in [0.3, 0.4) is 0 Å².